The molecule has 0 bridgehead atoms. The van der Waals surface area contributed by atoms with Crippen LogP contribution in [-0.2, 0) is 12.8 Å². The Morgan fingerprint density at radius 2 is 2.00 bits per heavy atom. The van der Waals surface area contributed by atoms with Crippen LogP contribution in [0.1, 0.15) is 53.7 Å². The number of hydrogen-bond donors (Lipinski definition) is 1. The average molecular weight is 298 g/mol. The van der Waals surface area contributed by atoms with Crippen molar-refractivity contribution >= 4 is 16.8 Å². The van der Waals surface area contributed by atoms with Gasteiger partial charge in [0.15, 0.2) is 0 Å². The summed E-state index contributed by atoms with van der Waals surface area (Å²) < 4.78 is 13.7. The zero-order chi connectivity index (χ0) is 15.1. The molecular weight excluding hydrogens is 279 g/mol. The van der Waals surface area contributed by atoms with E-state index >= 15 is 0 Å². The van der Waals surface area contributed by atoms with Crippen LogP contribution in [0.25, 0.3) is 10.9 Å². The molecule has 1 fully saturated rings. The summed E-state index contributed by atoms with van der Waals surface area (Å²) >= 11 is 0. The van der Waals surface area contributed by atoms with E-state index < -0.39 is 0 Å². The largest absolute Gasteiger partial charge is 0.349 e. The van der Waals surface area contributed by atoms with Gasteiger partial charge in [0.2, 0.25) is 0 Å². The number of halogens is 1. The molecule has 22 heavy (non-hydrogen) atoms. The molecule has 0 saturated heterocycles. The average Bonchev–Trinajstić information content (AvgIpc) is 3.15. The molecule has 0 spiro atoms. The maximum atomic E-state index is 13.7. The number of benzene rings is 1. The standard InChI is InChI=1S/C18H19FN2O/c19-11-8-9-16-14(10-11)17(13-6-3-7-15(13)21-16)18(22)20-12-4-1-2-5-12/h8-10,12H,1-7H2,(H,20,22). The van der Waals surface area contributed by atoms with E-state index in [4.69, 9.17) is 0 Å². The maximum Gasteiger partial charge on any atom is 0.252 e. The highest BCUT2D eigenvalue weighted by Gasteiger charge is 2.26. The minimum absolute atomic E-state index is 0.0527. The number of aryl methyl sites for hydroxylation is 1. The summed E-state index contributed by atoms with van der Waals surface area (Å²) in [6.45, 7) is 0. The fourth-order valence-electron chi connectivity index (χ4n) is 3.82. The van der Waals surface area contributed by atoms with Gasteiger partial charge in [0.1, 0.15) is 5.82 Å². The highest BCUT2D eigenvalue weighted by Crippen LogP contribution is 2.31. The van der Waals surface area contributed by atoms with Crippen molar-refractivity contribution in [1.29, 1.82) is 0 Å². The zero-order valence-electron chi connectivity index (χ0n) is 12.5. The first-order valence-corrected chi connectivity index (χ1v) is 8.14. The lowest BCUT2D eigenvalue weighted by Gasteiger charge is -2.16. The summed E-state index contributed by atoms with van der Waals surface area (Å²) in [4.78, 5) is 17.4. The molecule has 0 radical (unpaired) electrons. The Morgan fingerprint density at radius 3 is 2.82 bits per heavy atom. The van der Waals surface area contributed by atoms with E-state index in [0.29, 0.717) is 10.9 Å². The van der Waals surface area contributed by atoms with Crippen LogP contribution in [0.3, 0.4) is 0 Å². The first kappa shape index (κ1) is 13.7. The zero-order valence-corrected chi connectivity index (χ0v) is 12.5. The van der Waals surface area contributed by atoms with Crippen LogP contribution in [-0.4, -0.2) is 16.9 Å². The van der Waals surface area contributed by atoms with Gasteiger partial charge >= 0.3 is 0 Å². The molecule has 3 nitrogen and oxygen atoms in total. The van der Waals surface area contributed by atoms with Crippen molar-refractivity contribution < 1.29 is 9.18 Å². The summed E-state index contributed by atoms with van der Waals surface area (Å²) in [5.41, 5.74) is 3.41. The molecular formula is C18H19FN2O. The number of aromatic nitrogens is 1. The molecule has 0 atom stereocenters. The van der Waals surface area contributed by atoms with Gasteiger partial charge in [-0.15, -0.1) is 0 Å². The number of rotatable bonds is 2. The number of amides is 1. The molecule has 1 amide bonds. The third kappa shape index (κ3) is 2.27. The molecule has 0 unspecified atom stereocenters. The molecule has 4 heteroatoms. The molecule has 2 aliphatic rings. The van der Waals surface area contributed by atoms with Crippen molar-refractivity contribution in [3.05, 3.63) is 40.8 Å². The minimum atomic E-state index is -0.317. The lowest BCUT2D eigenvalue weighted by Crippen LogP contribution is -2.33. The summed E-state index contributed by atoms with van der Waals surface area (Å²) in [7, 11) is 0. The molecule has 1 aromatic heterocycles. The predicted octanol–water partition coefficient (Wildman–Crippen LogP) is 3.54. The monoisotopic (exact) mass is 298 g/mol. The molecule has 1 N–H and O–H groups in total. The molecule has 2 aliphatic carbocycles. The topological polar surface area (TPSA) is 42.0 Å². The maximum absolute atomic E-state index is 13.7. The smallest absolute Gasteiger partial charge is 0.252 e. The van der Waals surface area contributed by atoms with Crippen molar-refractivity contribution in [2.75, 3.05) is 0 Å². The third-order valence-electron chi connectivity index (χ3n) is 4.89. The van der Waals surface area contributed by atoms with E-state index in [-0.39, 0.29) is 17.8 Å². The highest BCUT2D eigenvalue weighted by molar-refractivity contribution is 6.08. The second kappa shape index (κ2) is 5.34. The predicted molar refractivity (Wildman–Crippen MR) is 83.4 cm³/mol. The normalized spacial score (nSPS) is 17.9. The molecule has 114 valence electrons. The molecule has 4 rings (SSSR count). The number of fused-ring (bicyclic) bond motifs is 2. The highest BCUT2D eigenvalue weighted by atomic mass is 19.1. The molecule has 1 heterocycles. The van der Waals surface area contributed by atoms with E-state index in [9.17, 15) is 9.18 Å². The summed E-state index contributed by atoms with van der Waals surface area (Å²) in [6, 6.07) is 4.80. The lowest BCUT2D eigenvalue weighted by molar-refractivity contribution is 0.0938. The van der Waals surface area contributed by atoms with E-state index in [1.54, 1.807) is 6.07 Å². The van der Waals surface area contributed by atoms with E-state index in [1.807, 2.05) is 0 Å². The van der Waals surface area contributed by atoms with Crippen LogP contribution in [0.2, 0.25) is 0 Å². The Morgan fingerprint density at radius 1 is 1.18 bits per heavy atom. The van der Waals surface area contributed by atoms with Crippen LogP contribution in [0, 0.1) is 5.82 Å². The van der Waals surface area contributed by atoms with Crippen molar-refractivity contribution in [3.63, 3.8) is 0 Å². The van der Waals surface area contributed by atoms with Crippen LogP contribution >= 0.6 is 0 Å². The van der Waals surface area contributed by atoms with E-state index in [0.717, 1.165) is 48.9 Å². The number of hydrogen-bond acceptors (Lipinski definition) is 2. The number of nitrogens with zero attached hydrogens (tertiary/aromatic N) is 1. The Balaban J connectivity index is 1.83. The molecule has 1 saturated carbocycles. The Labute approximate surface area is 128 Å². The quantitative estimate of drug-likeness (QED) is 0.921. The second-order valence-electron chi connectivity index (χ2n) is 6.38. The van der Waals surface area contributed by atoms with Gasteiger partial charge in [-0.2, -0.15) is 0 Å². The minimum Gasteiger partial charge on any atom is -0.349 e. The summed E-state index contributed by atoms with van der Waals surface area (Å²) in [6.07, 6.45) is 7.24. The van der Waals surface area contributed by atoms with Gasteiger partial charge in [-0.05, 0) is 55.9 Å². The van der Waals surface area contributed by atoms with Crippen molar-refractivity contribution in [3.8, 4) is 0 Å². The van der Waals surface area contributed by atoms with Crippen LogP contribution in [0.5, 0.6) is 0 Å². The molecule has 0 aliphatic heterocycles. The molecule has 1 aromatic carbocycles. The fourth-order valence-corrected chi connectivity index (χ4v) is 3.82. The Bertz CT molecular complexity index is 750. The van der Waals surface area contributed by atoms with Gasteiger partial charge in [0, 0.05) is 17.1 Å². The Hall–Kier alpha value is -1.97. The number of carbonyl (C=O) groups is 1. The summed E-state index contributed by atoms with van der Waals surface area (Å²) in [5, 5.41) is 3.80. The van der Waals surface area contributed by atoms with Crippen LogP contribution in [0.4, 0.5) is 4.39 Å². The van der Waals surface area contributed by atoms with Gasteiger partial charge in [-0.25, -0.2) is 4.39 Å². The van der Waals surface area contributed by atoms with Gasteiger partial charge in [0.25, 0.3) is 5.91 Å². The van der Waals surface area contributed by atoms with Gasteiger partial charge in [-0.1, -0.05) is 12.8 Å². The third-order valence-corrected chi connectivity index (χ3v) is 4.89. The van der Waals surface area contributed by atoms with Gasteiger partial charge < -0.3 is 5.32 Å². The first-order valence-electron chi connectivity index (χ1n) is 8.14. The van der Waals surface area contributed by atoms with Gasteiger partial charge in [0.05, 0.1) is 11.1 Å². The van der Waals surface area contributed by atoms with E-state index in [2.05, 4.69) is 10.3 Å². The SMILES string of the molecule is O=C(NC1CCCC1)c1c2c(nc3ccc(F)cc13)CCC2. The van der Waals surface area contributed by atoms with Crippen LogP contribution in [0.15, 0.2) is 18.2 Å². The van der Waals surface area contributed by atoms with Gasteiger partial charge in [-0.3, -0.25) is 9.78 Å². The van der Waals surface area contributed by atoms with Crippen molar-refractivity contribution in [2.45, 2.75) is 51.0 Å². The van der Waals surface area contributed by atoms with Crippen LogP contribution < -0.4 is 5.32 Å². The first-order chi connectivity index (χ1) is 10.7. The van der Waals surface area contributed by atoms with Crippen molar-refractivity contribution in [2.24, 2.45) is 0 Å². The van der Waals surface area contributed by atoms with Crippen molar-refractivity contribution in [1.82, 2.24) is 10.3 Å². The number of pyridine rings is 1. The van der Waals surface area contributed by atoms with E-state index in [1.165, 1.54) is 25.0 Å². The number of carbonyl (C=O) groups excluding carboxylic acids is 1. The second-order valence-corrected chi connectivity index (χ2v) is 6.38. The molecule has 2 aromatic rings. The summed E-state index contributed by atoms with van der Waals surface area (Å²) in [5.74, 6) is -0.370. The fraction of sp³-hybridized carbons (Fsp3) is 0.444. The lowest BCUT2D eigenvalue weighted by atomic mass is 10.00. The number of nitrogens with one attached hydrogen (secondary N) is 1. The Kier molecular flexibility index (Phi) is 3.32.